The molecular formula is C51H84O23. The van der Waals surface area contributed by atoms with Gasteiger partial charge in [0.2, 0.25) is 0 Å². The summed E-state index contributed by atoms with van der Waals surface area (Å²) in [5.74, 6) is 3.02. The zero-order valence-corrected chi connectivity index (χ0v) is 42.7. The predicted molar refractivity (Wildman–Crippen MR) is 248 cm³/mol. The van der Waals surface area contributed by atoms with Crippen molar-refractivity contribution in [1.29, 1.82) is 0 Å². The molecule has 6 aliphatic heterocycles. The van der Waals surface area contributed by atoms with E-state index in [1.54, 1.807) is 0 Å². The molecule has 4 saturated carbocycles. The SMILES string of the molecule is C[C@H]1CC[C@@]2(OC1)O[C@H]1CC3[C@@H]4CC[C@@H]5C[C@@H](O[C@@H]6O[C@H](CO)[C@@H](O[C@@H]7O[C@H](CO[C@@H]8O[C@H](CO)[C@@H](O)[C@H](O)[C@H]8O)[C@@H](O)[C@H](O)[C@H]7O[C@@H]7O[C@H](CO)[C@@H](O)[C@H](O)[C@H]7O)[C@H](O)[C@H]6O)CC[C@]5(C)C4CC[C@]3(C)[C@H]1[C@@H]2C. The van der Waals surface area contributed by atoms with Crippen LogP contribution in [0.1, 0.15) is 91.9 Å². The number of aliphatic hydroxyl groups excluding tert-OH is 13. The van der Waals surface area contributed by atoms with Crippen LogP contribution in [0.3, 0.4) is 0 Å². The van der Waals surface area contributed by atoms with Crippen LogP contribution >= 0.6 is 0 Å². The lowest BCUT2D eigenvalue weighted by Crippen LogP contribution is -2.67. The lowest BCUT2D eigenvalue weighted by Gasteiger charge is -2.61. The van der Waals surface area contributed by atoms with E-state index in [0.717, 1.165) is 64.4 Å². The van der Waals surface area contributed by atoms with Crippen LogP contribution in [-0.2, 0) is 47.4 Å². The summed E-state index contributed by atoms with van der Waals surface area (Å²) < 4.78 is 60.8. The second-order valence-corrected chi connectivity index (χ2v) is 24.4. The first-order valence-corrected chi connectivity index (χ1v) is 27.3. The van der Waals surface area contributed by atoms with Gasteiger partial charge in [0, 0.05) is 12.3 Å². The van der Waals surface area contributed by atoms with Gasteiger partial charge in [-0.1, -0.05) is 27.7 Å². The molecule has 4 aliphatic carbocycles. The summed E-state index contributed by atoms with van der Waals surface area (Å²) in [6.45, 7) is 7.30. The first-order chi connectivity index (χ1) is 35.2. The average Bonchev–Trinajstić information content (AvgIpc) is 3.84. The van der Waals surface area contributed by atoms with Crippen LogP contribution in [0.15, 0.2) is 0 Å². The Labute approximate surface area is 430 Å². The Kier molecular flexibility index (Phi) is 16.6. The third-order valence-corrected chi connectivity index (χ3v) is 20.4. The lowest BCUT2D eigenvalue weighted by molar-refractivity contribution is -0.393. The Hall–Kier alpha value is -0.920. The van der Waals surface area contributed by atoms with Crippen LogP contribution in [0.2, 0.25) is 0 Å². The van der Waals surface area contributed by atoms with Gasteiger partial charge in [-0.25, -0.2) is 0 Å². The summed E-state index contributed by atoms with van der Waals surface area (Å²) in [5.41, 5.74) is 0.279. The van der Waals surface area contributed by atoms with Crippen molar-refractivity contribution in [2.45, 2.75) is 233 Å². The largest absolute Gasteiger partial charge is 0.394 e. The van der Waals surface area contributed by atoms with Gasteiger partial charge in [0.25, 0.3) is 0 Å². The highest BCUT2D eigenvalue weighted by atomic mass is 16.8. The molecule has 74 heavy (non-hydrogen) atoms. The number of hydrogen-bond donors (Lipinski definition) is 13. The standard InChI is InChI=1S/C51H84O23/c1-20-7-12-51(66-18-20)21(2)32-27(74-51)14-26-24-6-5-22-13-23(8-10-49(22,3)25(24)9-11-50(26,32)4)67-46-42(64)39(61)43(30(17-54)70-46)72-48-44(73-47-41(63)37(59)34(56)29(16-53)69-47)38(60)35(57)31(71-48)19-65-45-40(62)36(58)33(55)28(15-52)68-45/h20-48,52-64H,5-19H2,1-4H3/t20-,21-,22+,23-,24+,25?,26?,27-,28+,29+,30+,31+,32-,33+,34+,35+,36-,37-,38-,39+,40+,41+,42+,43+,44+,45+,46+,47-,48-,49-,50-,51+/m0/s1. The molecule has 2 unspecified atom stereocenters. The molecule has 13 N–H and O–H groups in total. The van der Waals surface area contributed by atoms with E-state index in [1.165, 1.54) is 0 Å². The highest BCUT2D eigenvalue weighted by molar-refractivity contribution is 5.15. The Morgan fingerprint density at radius 2 is 1.07 bits per heavy atom. The first kappa shape index (κ1) is 56.4. The molecule has 6 saturated heterocycles. The third-order valence-electron chi connectivity index (χ3n) is 20.4. The quantitative estimate of drug-likeness (QED) is 0.0872. The van der Waals surface area contributed by atoms with E-state index in [2.05, 4.69) is 27.7 Å². The maximum Gasteiger partial charge on any atom is 0.187 e. The Morgan fingerprint density at radius 1 is 0.500 bits per heavy atom. The molecule has 32 atom stereocenters. The van der Waals surface area contributed by atoms with Crippen molar-refractivity contribution in [3.8, 4) is 0 Å². The van der Waals surface area contributed by atoms with Gasteiger partial charge < -0.3 is 114 Å². The molecule has 1 spiro atoms. The molecule has 6 heterocycles. The van der Waals surface area contributed by atoms with Crippen LogP contribution in [0.5, 0.6) is 0 Å². The van der Waals surface area contributed by atoms with Gasteiger partial charge in [-0.15, -0.1) is 0 Å². The fourth-order valence-corrected chi connectivity index (χ4v) is 16.1. The zero-order chi connectivity index (χ0) is 52.9. The van der Waals surface area contributed by atoms with Crippen LogP contribution in [0.4, 0.5) is 0 Å². The van der Waals surface area contributed by atoms with E-state index in [-0.39, 0.29) is 23.0 Å². The van der Waals surface area contributed by atoms with E-state index < -0.39 is 155 Å². The molecule has 0 amide bonds. The minimum Gasteiger partial charge on any atom is -0.394 e. The van der Waals surface area contributed by atoms with Crippen molar-refractivity contribution in [1.82, 2.24) is 0 Å². The molecule has 10 rings (SSSR count). The van der Waals surface area contributed by atoms with E-state index in [4.69, 9.17) is 47.4 Å². The van der Waals surface area contributed by atoms with Crippen molar-refractivity contribution < 1.29 is 114 Å². The number of hydrogen-bond acceptors (Lipinski definition) is 23. The molecule has 0 bridgehead atoms. The first-order valence-electron chi connectivity index (χ1n) is 27.3. The summed E-state index contributed by atoms with van der Waals surface area (Å²) in [5, 5.41) is 139. The topological polar surface area (TPSA) is 355 Å². The molecule has 23 heteroatoms. The monoisotopic (exact) mass is 1060 g/mol. The number of rotatable bonds is 12. The van der Waals surface area contributed by atoms with E-state index in [1.807, 2.05) is 0 Å². The van der Waals surface area contributed by atoms with Gasteiger partial charge in [0.05, 0.1) is 45.2 Å². The minimum absolute atomic E-state index is 0.0837. The van der Waals surface area contributed by atoms with E-state index in [0.29, 0.717) is 47.8 Å². The normalized spacial score (nSPS) is 57.6. The van der Waals surface area contributed by atoms with Gasteiger partial charge in [-0.05, 0) is 104 Å². The average molecular weight is 1070 g/mol. The van der Waals surface area contributed by atoms with Crippen LogP contribution in [0, 0.1) is 52.3 Å². The molecule has 0 aromatic heterocycles. The molecular weight excluding hydrogens is 981 g/mol. The molecule has 0 aromatic carbocycles. The van der Waals surface area contributed by atoms with E-state index in [9.17, 15) is 66.4 Å². The van der Waals surface area contributed by atoms with Crippen molar-refractivity contribution in [2.24, 2.45) is 52.3 Å². The number of aliphatic hydroxyl groups is 13. The maximum atomic E-state index is 11.8. The lowest BCUT2D eigenvalue weighted by atomic mass is 9.44. The Balaban J connectivity index is 0.797. The van der Waals surface area contributed by atoms with Gasteiger partial charge in [0.1, 0.15) is 97.7 Å². The molecule has 23 nitrogen and oxygen atoms in total. The second kappa shape index (κ2) is 21.9. The maximum absolute atomic E-state index is 11.8. The van der Waals surface area contributed by atoms with Crippen LogP contribution in [-0.4, -0.2) is 240 Å². The molecule has 0 radical (unpaired) electrons. The van der Waals surface area contributed by atoms with E-state index >= 15 is 0 Å². The van der Waals surface area contributed by atoms with Gasteiger partial charge in [-0.2, -0.15) is 0 Å². The second-order valence-electron chi connectivity index (χ2n) is 24.4. The predicted octanol–water partition coefficient (Wildman–Crippen LogP) is -2.91. The number of ether oxygens (including phenoxy) is 10. The Morgan fingerprint density at radius 3 is 1.73 bits per heavy atom. The zero-order valence-electron chi connectivity index (χ0n) is 42.7. The molecule has 426 valence electrons. The van der Waals surface area contributed by atoms with Gasteiger partial charge in [-0.3, -0.25) is 0 Å². The van der Waals surface area contributed by atoms with Crippen LogP contribution < -0.4 is 0 Å². The van der Waals surface area contributed by atoms with Crippen LogP contribution in [0.25, 0.3) is 0 Å². The molecule has 10 fully saturated rings. The minimum atomic E-state index is -2.03. The van der Waals surface area contributed by atoms with Crippen molar-refractivity contribution in [3.05, 3.63) is 0 Å². The fraction of sp³-hybridized carbons (Fsp3) is 1.00. The highest BCUT2D eigenvalue weighted by Gasteiger charge is 2.69. The third kappa shape index (κ3) is 9.66. The smallest absolute Gasteiger partial charge is 0.187 e. The van der Waals surface area contributed by atoms with Crippen molar-refractivity contribution >= 4 is 0 Å². The fourth-order valence-electron chi connectivity index (χ4n) is 16.1. The highest BCUT2D eigenvalue weighted by Crippen LogP contribution is 2.71. The summed E-state index contributed by atoms with van der Waals surface area (Å²) in [7, 11) is 0. The van der Waals surface area contributed by atoms with Gasteiger partial charge >= 0.3 is 0 Å². The van der Waals surface area contributed by atoms with Crippen molar-refractivity contribution in [2.75, 3.05) is 33.0 Å². The van der Waals surface area contributed by atoms with Crippen molar-refractivity contribution in [3.63, 3.8) is 0 Å². The summed E-state index contributed by atoms with van der Waals surface area (Å²) in [4.78, 5) is 0. The molecule has 0 aromatic rings. The summed E-state index contributed by atoms with van der Waals surface area (Å²) in [6.07, 6.45) is -24.9. The van der Waals surface area contributed by atoms with Gasteiger partial charge in [0.15, 0.2) is 30.9 Å². The number of fused-ring (bicyclic) bond motifs is 7. The molecule has 10 aliphatic rings. The summed E-state index contributed by atoms with van der Waals surface area (Å²) in [6, 6.07) is 0. The Bertz CT molecular complexity index is 1870. The summed E-state index contributed by atoms with van der Waals surface area (Å²) >= 11 is 0.